The van der Waals surface area contributed by atoms with Gasteiger partial charge in [-0.25, -0.2) is 4.79 Å². The van der Waals surface area contributed by atoms with Gasteiger partial charge < -0.3 is 9.72 Å². The zero-order valence-corrected chi connectivity index (χ0v) is 12.8. The second-order valence-electron chi connectivity index (χ2n) is 5.04. The summed E-state index contributed by atoms with van der Waals surface area (Å²) in [5.41, 5.74) is 0.547. The highest BCUT2D eigenvalue weighted by Gasteiger charge is 2.13. The molecule has 0 atom stereocenters. The van der Waals surface area contributed by atoms with Gasteiger partial charge in [0.2, 0.25) is 0 Å². The van der Waals surface area contributed by atoms with Gasteiger partial charge in [-0.15, -0.1) is 6.58 Å². The number of rotatable bonds is 10. The number of nitrogens with one attached hydrogen (secondary N) is 1. The third kappa shape index (κ3) is 5.98. The summed E-state index contributed by atoms with van der Waals surface area (Å²) in [5, 5.41) is 0. The van der Waals surface area contributed by atoms with Gasteiger partial charge in [-0.2, -0.15) is 0 Å². The van der Waals surface area contributed by atoms with E-state index in [1.54, 1.807) is 13.1 Å². The van der Waals surface area contributed by atoms with Crippen LogP contribution in [0.15, 0.2) is 29.8 Å². The summed E-state index contributed by atoms with van der Waals surface area (Å²) in [5.74, 6) is -0.551. The maximum absolute atomic E-state index is 12.2. The van der Waals surface area contributed by atoms with Crippen LogP contribution in [0.4, 0.5) is 0 Å². The van der Waals surface area contributed by atoms with E-state index in [1.807, 2.05) is 6.08 Å². The predicted octanol–water partition coefficient (Wildman–Crippen LogP) is 3.62. The van der Waals surface area contributed by atoms with E-state index in [2.05, 4.69) is 11.6 Å². The molecule has 0 saturated carbocycles. The largest absolute Gasteiger partial charge is 0.462 e. The van der Waals surface area contributed by atoms with Crippen LogP contribution in [0.2, 0.25) is 0 Å². The summed E-state index contributed by atoms with van der Waals surface area (Å²) >= 11 is 0. The fourth-order valence-electron chi connectivity index (χ4n) is 2.21. The van der Waals surface area contributed by atoms with E-state index >= 15 is 0 Å². The molecule has 0 radical (unpaired) electrons. The Hall–Kier alpha value is -1.84. The van der Waals surface area contributed by atoms with Crippen molar-refractivity contribution in [2.24, 2.45) is 0 Å². The average molecular weight is 291 g/mol. The van der Waals surface area contributed by atoms with Crippen molar-refractivity contribution in [3.8, 4) is 0 Å². The molecule has 1 heterocycles. The monoisotopic (exact) mass is 291 g/mol. The third-order valence-electron chi connectivity index (χ3n) is 3.37. The highest BCUT2D eigenvalue weighted by atomic mass is 16.5. The number of allylic oxidation sites excluding steroid dienone is 1. The molecule has 0 spiro atoms. The highest BCUT2D eigenvalue weighted by Crippen LogP contribution is 2.08. The van der Waals surface area contributed by atoms with E-state index in [-0.39, 0.29) is 17.6 Å². The van der Waals surface area contributed by atoms with Crippen molar-refractivity contribution >= 4 is 5.97 Å². The summed E-state index contributed by atoms with van der Waals surface area (Å²) in [4.78, 5) is 26.7. The van der Waals surface area contributed by atoms with Crippen LogP contribution in [0.25, 0.3) is 0 Å². The number of aryl methyl sites for hydroxylation is 1. The lowest BCUT2D eigenvalue weighted by Gasteiger charge is -2.04. The first-order valence-electron chi connectivity index (χ1n) is 7.68. The second kappa shape index (κ2) is 9.97. The fourth-order valence-corrected chi connectivity index (χ4v) is 2.21. The minimum atomic E-state index is -0.551. The molecule has 116 valence electrons. The predicted molar refractivity (Wildman–Crippen MR) is 84.6 cm³/mol. The molecule has 21 heavy (non-hydrogen) atoms. The molecule has 0 fully saturated rings. The number of aromatic amines is 1. The van der Waals surface area contributed by atoms with E-state index in [0.717, 1.165) is 19.3 Å². The van der Waals surface area contributed by atoms with Crippen LogP contribution in [0.1, 0.15) is 61.4 Å². The maximum atomic E-state index is 12.2. The zero-order chi connectivity index (χ0) is 15.5. The molecule has 0 amide bonds. The normalized spacial score (nSPS) is 10.3. The lowest BCUT2D eigenvalue weighted by molar-refractivity contribution is 0.0524. The first-order valence-corrected chi connectivity index (χ1v) is 7.68. The van der Waals surface area contributed by atoms with Gasteiger partial charge in [0.25, 0.3) is 0 Å². The molecule has 0 aromatic carbocycles. The molecule has 0 aliphatic heterocycles. The molecule has 0 unspecified atom stereocenters. The van der Waals surface area contributed by atoms with Crippen molar-refractivity contribution in [1.29, 1.82) is 0 Å². The van der Waals surface area contributed by atoms with Gasteiger partial charge >= 0.3 is 5.97 Å². The van der Waals surface area contributed by atoms with E-state index in [1.165, 1.54) is 25.5 Å². The molecule has 1 aromatic rings. The Balaban J connectivity index is 2.45. The Bertz CT molecular complexity index is 505. The number of hydrogen-bond donors (Lipinski definition) is 1. The number of aromatic nitrogens is 1. The zero-order valence-electron chi connectivity index (χ0n) is 12.8. The van der Waals surface area contributed by atoms with Crippen LogP contribution in [0.5, 0.6) is 0 Å². The lowest BCUT2D eigenvalue weighted by atomic mass is 10.0. The summed E-state index contributed by atoms with van der Waals surface area (Å²) in [6.45, 7) is 5.70. The number of esters is 1. The fraction of sp³-hybridized carbons (Fsp3) is 0.529. The van der Waals surface area contributed by atoms with Crippen molar-refractivity contribution in [1.82, 2.24) is 4.98 Å². The van der Waals surface area contributed by atoms with Crippen LogP contribution >= 0.6 is 0 Å². The number of ether oxygens (including phenoxy) is 1. The van der Waals surface area contributed by atoms with E-state index in [4.69, 9.17) is 4.74 Å². The molecular formula is C17H25NO3. The third-order valence-corrected chi connectivity index (χ3v) is 3.37. The van der Waals surface area contributed by atoms with Crippen LogP contribution in [-0.2, 0) is 11.2 Å². The molecule has 0 aliphatic rings. The van der Waals surface area contributed by atoms with Crippen molar-refractivity contribution in [2.75, 3.05) is 6.61 Å². The molecule has 0 aliphatic carbocycles. The van der Waals surface area contributed by atoms with Gasteiger partial charge in [-0.3, -0.25) is 4.79 Å². The van der Waals surface area contributed by atoms with Gasteiger partial charge in [0.15, 0.2) is 5.43 Å². The molecule has 4 heteroatoms. The summed E-state index contributed by atoms with van der Waals surface area (Å²) in [7, 11) is 0. The molecular weight excluding hydrogens is 266 g/mol. The molecule has 1 N–H and O–H groups in total. The molecule has 4 nitrogen and oxygen atoms in total. The van der Waals surface area contributed by atoms with Crippen LogP contribution in [-0.4, -0.2) is 17.6 Å². The minimum Gasteiger partial charge on any atom is -0.462 e. The minimum absolute atomic E-state index is 0.0975. The highest BCUT2D eigenvalue weighted by molar-refractivity contribution is 5.89. The Morgan fingerprint density at radius 2 is 1.95 bits per heavy atom. The van der Waals surface area contributed by atoms with E-state index in [9.17, 15) is 9.59 Å². The molecule has 0 bridgehead atoms. The topological polar surface area (TPSA) is 59.2 Å². The van der Waals surface area contributed by atoms with Crippen LogP contribution < -0.4 is 5.43 Å². The van der Waals surface area contributed by atoms with Gasteiger partial charge in [-0.05, 0) is 32.6 Å². The lowest BCUT2D eigenvalue weighted by Crippen LogP contribution is -2.21. The smallest absolute Gasteiger partial charge is 0.343 e. The Labute approximate surface area is 126 Å². The average Bonchev–Trinajstić information content (AvgIpc) is 2.48. The number of carbonyl (C=O) groups excluding carboxylic acids is 1. The number of unbranched alkanes of at least 4 members (excludes halogenated alkanes) is 5. The Kier molecular flexibility index (Phi) is 8.17. The van der Waals surface area contributed by atoms with Crippen molar-refractivity contribution in [3.05, 3.63) is 46.4 Å². The second-order valence-corrected chi connectivity index (χ2v) is 5.04. The maximum Gasteiger partial charge on any atom is 0.343 e. The number of hydrogen-bond acceptors (Lipinski definition) is 3. The number of pyridine rings is 1. The first kappa shape index (κ1) is 17.2. The van der Waals surface area contributed by atoms with Crippen molar-refractivity contribution < 1.29 is 9.53 Å². The van der Waals surface area contributed by atoms with E-state index < -0.39 is 5.97 Å². The van der Waals surface area contributed by atoms with Crippen LogP contribution in [0.3, 0.4) is 0 Å². The molecule has 0 saturated heterocycles. The Morgan fingerprint density at radius 1 is 1.24 bits per heavy atom. The van der Waals surface area contributed by atoms with Gasteiger partial charge in [0.1, 0.15) is 5.56 Å². The van der Waals surface area contributed by atoms with Crippen LogP contribution in [0, 0.1) is 0 Å². The standard InChI is InChI=1S/C17H25NO3/c1-3-5-6-7-8-9-10-11-14-12-18-13-15(16(14)19)17(20)21-4-2/h3,12-13H,1,4-11H2,2H3,(H,18,19). The quantitative estimate of drug-likeness (QED) is 0.407. The Morgan fingerprint density at radius 3 is 2.67 bits per heavy atom. The van der Waals surface area contributed by atoms with Crippen molar-refractivity contribution in [3.63, 3.8) is 0 Å². The van der Waals surface area contributed by atoms with Gasteiger partial charge in [0, 0.05) is 18.0 Å². The van der Waals surface area contributed by atoms with Crippen molar-refractivity contribution in [2.45, 2.75) is 51.9 Å². The summed E-state index contributed by atoms with van der Waals surface area (Å²) in [6, 6.07) is 0. The van der Waals surface area contributed by atoms with E-state index in [0.29, 0.717) is 12.0 Å². The number of carbonyl (C=O) groups is 1. The number of H-pyrrole nitrogens is 1. The molecule has 1 rings (SSSR count). The SMILES string of the molecule is C=CCCCCCCCc1c[nH]cc(C(=O)OCC)c1=O. The van der Waals surface area contributed by atoms with Gasteiger partial charge in [-0.1, -0.05) is 25.3 Å². The first-order chi connectivity index (χ1) is 10.2. The van der Waals surface area contributed by atoms with Gasteiger partial charge in [0.05, 0.1) is 6.61 Å². The summed E-state index contributed by atoms with van der Waals surface area (Å²) in [6.07, 6.45) is 12.4. The summed E-state index contributed by atoms with van der Waals surface area (Å²) < 4.78 is 4.88. The molecule has 1 aromatic heterocycles.